The highest BCUT2D eigenvalue weighted by atomic mass is 35.5. The molecule has 2 amide bonds. The first-order valence-electron chi connectivity index (χ1n) is 9.81. The van der Waals surface area contributed by atoms with E-state index in [0.717, 1.165) is 23.3 Å². The zero-order valence-electron chi connectivity index (χ0n) is 17.4. The number of methoxy groups -OCH3 is 1. The van der Waals surface area contributed by atoms with E-state index >= 15 is 0 Å². The van der Waals surface area contributed by atoms with Gasteiger partial charge in [0.15, 0.2) is 0 Å². The van der Waals surface area contributed by atoms with Gasteiger partial charge in [-0.05, 0) is 55.7 Å². The molecule has 1 N–H and O–H groups in total. The van der Waals surface area contributed by atoms with Crippen LogP contribution in [0.1, 0.15) is 38.3 Å². The Hall–Kier alpha value is -2.53. The van der Waals surface area contributed by atoms with Gasteiger partial charge in [0.1, 0.15) is 11.8 Å². The van der Waals surface area contributed by atoms with Crippen LogP contribution in [0.2, 0.25) is 5.02 Å². The van der Waals surface area contributed by atoms with Gasteiger partial charge in [-0.25, -0.2) is 0 Å². The molecule has 0 heterocycles. The van der Waals surface area contributed by atoms with Gasteiger partial charge in [0, 0.05) is 17.6 Å². The van der Waals surface area contributed by atoms with Crippen molar-refractivity contribution in [2.75, 3.05) is 7.11 Å². The molecular formula is C23H29ClN2O3. The first-order valence-corrected chi connectivity index (χ1v) is 10.2. The lowest BCUT2D eigenvalue weighted by Crippen LogP contribution is -2.49. The lowest BCUT2D eigenvalue weighted by molar-refractivity contribution is -0.140. The maximum absolute atomic E-state index is 13.1. The standard InChI is InChI=1S/C23H29ClN2O3/c1-5-16(2)25-23(28)17(3)26(15-19-6-10-20(24)11-7-19)22(27)14-18-8-12-21(29-4)13-9-18/h6-13,16-17H,5,14-15H2,1-4H3,(H,25,28)/t16-,17+/m0/s1. The van der Waals surface area contributed by atoms with Crippen LogP contribution in [0.5, 0.6) is 5.75 Å². The fourth-order valence-corrected chi connectivity index (χ4v) is 2.98. The van der Waals surface area contributed by atoms with Gasteiger partial charge >= 0.3 is 0 Å². The van der Waals surface area contributed by atoms with Gasteiger partial charge in [0.25, 0.3) is 0 Å². The van der Waals surface area contributed by atoms with Gasteiger partial charge in [-0.1, -0.05) is 42.8 Å². The third-order valence-corrected chi connectivity index (χ3v) is 5.20. The molecule has 2 aromatic rings. The lowest BCUT2D eigenvalue weighted by atomic mass is 10.1. The molecule has 0 saturated carbocycles. The number of hydrogen-bond acceptors (Lipinski definition) is 3. The molecule has 0 aliphatic heterocycles. The van der Waals surface area contributed by atoms with E-state index < -0.39 is 6.04 Å². The third kappa shape index (κ3) is 6.79. The van der Waals surface area contributed by atoms with Crippen molar-refractivity contribution in [1.82, 2.24) is 10.2 Å². The predicted octanol–water partition coefficient (Wildman–Crippen LogP) is 4.22. The smallest absolute Gasteiger partial charge is 0.242 e. The molecule has 0 unspecified atom stereocenters. The fourth-order valence-electron chi connectivity index (χ4n) is 2.85. The van der Waals surface area contributed by atoms with E-state index in [9.17, 15) is 9.59 Å². The molecule has 0 aromatic heterocycles. The van der Waals surface area contributed by atoms with Crippen molar-refractivity contribution >= 4 is 23.4 Å². The highest BCUT2D eigenvalue weighted by Gasteiger charge is 2.26. The van der Waals surface area contributed by atoms with E-state index in [-0.39, 0.29) is 24.3 Å². The SMILES string of the molecule is CC[C@H](C)NC(=O)[C@@H](C)N(Cc1ccc(Cl)cc1)C(=O)Cc1ccc(OC)cc1. The molecule has 2 aromatic carbocycles. The van der Waals surface area contributed by atoms with Crippen LogP contribution in [0.3, 0.4) is 0 Å². The van der Waals surface area contributed by atoms with E-state index in [1.54, 1.807) is 31.1 Å². The van der Waals surface area contributed by atoms with Crippen molar-refractivity contribution in [1.29, 1.82) is 0 Å². The fraction of sp³-hybridized carbons (Fsp3) is 0.391. The zero-order valence-corrected chi connectivity index (χ0v) is 18.2. The average Bonchev–Trinajstić information content (AvgIpc) is 2.73. The first kappa shape index (κ1) is 22.8. The van der Waals surface area contributed by atoms with Gasteiger partial charge in [-0.15, -0.1) is 0 Å². The Labute approximate surface area is 178 Å². The van der Waals surface area contributed by atoms with Gasteiger partial charge in [0.05, 0.1) is 13.5 Å². The lowest BCUT2D eigenvalue weighted by Gasteiger charge is -2.30. The molecule has 0 aliphatic carbocycles. The molecule has 0 fully saturated rings. The van der Waals surface area contributed by atoms with Crippen molar-refractivity contribution in [2.24, 2.45) is 0 Å². The monoisotopic (exact) mass is 416 g/mol. The Balaban J connectivity index is 2.20. The van der Waals surface area contributed by atoms with Crippen LogP contribution in [0.25, 0.3) is 0 Å². The molecular weight excluding hydrogens is 388 g/mol. The van der Waals surface area contributed by atoms with E-state index in [2.05, 4.69) is 5.32 Å². The van der Waals surface area contributed by atoms with Gasteiger partial charge in [0.2, 0.25) is 11.8 Å². The Morgan fingerprint density at radius 2 is 1.62 bits per heavy atom. The van der Waals surface area contributed by atoms with Crippen LogP contribution in [0, 0.1) is 0 Å². The number of nitrogens with zero attached hydrogens (tertiary/aromatic N) is 1. The minimum absolute atomic E-state index is 0.0547. The number of benzene rings is 2. The second-order valence-electron chi connectivity index (χ2n) is 7.17. The second-order valence-corrected chi connectivity index (χ2v) is 7.60. The molecule has 0 radical (unpaired) electrons. The minimum Gasteiger partial charge on any atom is -0.497 e. The number of ether oxygens (including phenoxy) is 1. The molecule has 0 spiro atoms. The quantitative estimate of drug-likeness (QED) is 0.665. The highest BCUT2D eigenvalue weighted by Crippen LogP contribution is 2.17. The summed E-state index contributed by atoms with van der Waals surface area (Å²) in [5.74, 6) is 0.467. The van der Waals surface area contributed by atoms with Crippen LogP contribution < -0.4 is 10.1 Å². The summed E-state index contributed by atoms with van der Waals surface area (Å²) < 4.78 is 5.17. The maximum atomic E-state index is 13.1. The van der Waals surface area contributed by atoms with Gasteiger partial charge < -0.3 is 15.0 Å². The topological polar surface area (TPSA) is 58.6 Å². The Bertz CT molecular complexity index is 806. The van der Waals surface area contributed by atoms with Crippen molar-refractivity contribution in [3.8, 4) is 5.75 Å². The molecule has 5 nitrogen and oxygen atoms in total. The molecule has 0 saturated heterocycles. The molecule has 29 heavy (non-hydrogen) atoms. The third-order valence-electron chi connectivity index (χ3n) is 4.95. The van der Waals surface area contributed by atoms with Crippen LogP contribution in [0.4, 0.5) is 0 Å². The molecule has 2 rings (SSSR count). The minimum atomic E-state index is -0.592. The summed E-state index contributed by atoms with van der Waals surface area (Å²) in [5, 5.41) is 3.60. The maximum Gasteiger partial charge on any atom is 0.242 e. The molecule has 6 heteroatoms. The van der Waals surface area contributed by atoms with E-state index in [1.807, 2.05) is 50.2 Å². The first-order chi connectivity index (χ1) is 13.8. The van der Waals surface area contributed by atoms with Crippen molar-refractivity contribution in [3.63, 3.8) is 0 Å². The summed E-state index contributed by atoms with van der Waals surface area (Å²) in [7, 11) is 1.60. The van der Waals surface area contributed by atoms with Crippen molar-refractivity contribution in [3.05, 3.63) is 64.7 Å². The second kappa shape index (κ2) is 10.9. The molecule has 0 aliphatic rings. The van der Waals surface area contributed by atoms with Crippen LogP contribution in [0.15, 0.2) is 48.5 Å². The number of carbonyl (C=O) groups excluding carboxylic acids is 2. The Morgan fingerprint density at radius 3 is 2.17 bits per heavy atom. The van der Waals surface area contributed by atoms with Crippen molar-refractivity contribution in [2.45, 2.75) is 52.2 Å². The summed E-state index contributed by atoms with van der Waals surface area (Å²) in [6, 6.07) is 14.1. The zero-order chi connectivity index (χ0) is 21.4. The predicted molar refractivity (Wildman–Crippen MR) is 116 cm³/mol. The number of nitrogens with one attached hydrogen (secondary N) is 1. The van der Waals surface area contributed by atoms with Crippen LogP contribution >= 0.6 is 11.6 Å². The van der Waals surface area contributed by atoms with Crippen LogP contribution in [-0.2, 0) is 22.6 Å². The number of halogens is 1. The Kier molecular flexibility index (Phi) is 8.52. The molecule has 2 atom stereocenters. The van der Waals surface area contributed by atoms with Gasteiger partial charge in [-0.3, -0.25) is 9.59 Å². The number of amides is 2. The summed E-state index contributed by atoms with van der Waals surface area (Å²) in [6.45, 7) is 6.06. The summed E-state index contributed by atoms with van der Waals surface area (Å²) in [6.07, 6.45) is 1.04. The van der Waals surface area contributed by atoms with Crippen LogP contribution in [-0.4, -0.2) is 35.9 Å². The van der Waals surface area contributed by atoms with Gasteiger partial charge in [-0.2, -0.15) is 0 Å². The largest absolute Gasteiger partial charge is 0.497 e. The van der Waals surface area contributed by atoms with E-state index in [4.69, 9.17) is 16.3 Å². The molecule has 156 valence electrons. The molecule has 0 bridgehead atoms. The van der Waals surface area contributed by atoms with Crippen molar-refractivity contribution < 1.29 is 14.3 Å². The number of hydrogen-bond donors (Lipinski definition) is 1. The summed E-state index contributed by atoms with van der Waals surface area (Å²) >= 11 is 5.97. The Morgan fingerprint density at radius 1 is 1.03 bits per heavy atom. The van der Waals surface area contributed by atoms with E-state index in [0.29, 0.717) is 11.6 Å². The average molecular weight is 417 g/mol. The number of rotatable bonds is 9. The summed E-state index contributed by atoms with van der Waals surface area (Å²) in [5.41, 5.74) is 1.78. The van der Waals surface area contributed by atoms with E-state index in [1.165, 1.54) is 0 Å². The summed E-state index contributed by atoms with van der Waals surface area (Å²) in [4.78, 5) is 27.4. The highest BCUT2D eigenvalue weighted by molar-refractivity contribution is 6.30. The number of carbonyl (C=O) groups is 2. The normalized spacial score (nSPS) is 12.7.